The predicted octanol–water partition coefficient (Wildman–Crippen LogP) is 5.91. The number of ether oxygens (including phenoxy) is 3. The normalized spacial score (nSPS) is 16.1. The number of oxazole rings is 1. The van der Waals surface area contributed by atoms with E-state index >= 15 is 0 Å². The second kappa shape index (κ2) is 9.34. The molecule has 0 bridgehead atoms. The number of benzene rings is 2. The van der Waals surface area contributed by atoms with Gasteiger partial charge in [0.25, 0.3) is 0 Å². The Morgan fingerprint density at radius 1 is 1.06 bits per heavy atom. The first-order valence-corrected chi connectivity index (χ1v) is 10.8. The molecule has 1 atom stereocenters. The highest BCUT2D eigenvalue weighted by molar-refractivity contribution is 5.69. The Kier molecular flexibility index (Phi) is 6.35. The Labute approximate surface area is 187 Å². The van der Waals surface area contributed by atoms with Gasteiger partial charge in [0, 0.05) is 12.1 Å². The summed E-state index contributed by atoms with van der Waals surface area (Å²) in [5.41, 5.74) is 0.384. The van der Waals surface area contributed by atoms with Gasteiger partial charge in [-0.3, -0.25) is 0 Å². The minimum atomic E-state index is -0.503. The van der Waals surface area contributed by atoms with Crippen molar-refractivity contribution < 1.29 is 23.4 Å². The largest absolute Gasteiger partial charge is 0.491 e. The summed E-state index contributed by atoms with van der Waals surface area (Å²) in [6.45, 7) is 6.76. The minimum Gasteiger partial charge on any atom is -0.491 e. The third-order valence-corrected chi connectivity index (χ3v) is 5.04. The van der Waals surface area contributed by atoms with Gasteiger partial charge in [0.05, 0.1) is 12.2 Å². The average Bonchev–Trinajstić information content (AvgIpc) is 3.45. The van der Waals surface area contributed by atoms with Crippen molar-refractivity contribution >= 4 is 6.09 Å². The number of likely N-dealkylation sites (tertiary alicyclic amines) is 1. The third-order valence-electron chi connectivity index (χ3n) is 5.04. The fourth-order valence-electron chi connectivity index (χ4n) is 3.53. The number of carbonyl (C=O) groups is 1. The zero-order chi connectivity index (χ0) is 22.6. The third kappa shape index (κ3) is 5.60. The summed E-state index contributed by atoms with van der Waals surface area (Å²) >= 11 is 0. The second-order valence-electron chi connectivity index (χ2n) is 8.72. The van der Waals surface area contributed by atoms with E-state index < -0.39 is 5.60 Å². The molecule has 0 aliphatic carbocycles. The van der Waals surface area contributed by atoms with E-state index in [0.717, 1.165) is 24.2 Å². The number of aromatic nitrogens is 1. The highest BCUT2D eigenvalue weighted by Gasteiger charge is 2.32. The van der Waals surface area contributed by atoms with Gasteiger partial charge in [0.1, 0.15) is 35.7 Å². The maximum absolute atomic E-state index is 12.4. The van der Waals surface area contributed by atoms with E-state index in [4.69, 9.17) is 18.6 Å². The maximum atomic E-state index is 12.4. The van der Waals surface area contributed by atoms with Gasteiger partial charge in [-0.05, 0) is 82.1 Å². The Hall–Kier alpha value is -3.48. The molecule has 1 aromatic heterocycles. The van der Waals surface area contributed by atoms with Crippen LogP contribution in [-0.4, -0.2) is 40.8 Å². The molecule has 7 heteroatoms. The lowest BCUT2D eigenvalue weighted by atomic mass is 10.2. The van der Waals surface area contributed by atoms with Crippen LogP contribution in [0.3, 0.4) is 0 Å². The standard InChI is InChI=1S/C25H28N2O5/c1-25(2,3)32-24(28)27-15-4-5-19(27)17-30-20-10-12-22(13-11-20)31-21-8-6-18(7-9-21)23-26-14-16-29-23/h6-14,16,19H,4-5,15,17H2,1-3H3. The van der Waals surface area contributed by atoms with Crippen LogP contribution in [0.15, 0.2) is 65.4 Å². The number of nitrogens with zero attached hydrogens (tertiary/aromatic N) is 2. The summed E-state index contributed by atoms with van der Waals surface area (Å²) in [6, 6.07) is 15.0. The van der Waals surface area contributed by atoms with E-state index in [1.807, 2.05) is 69.3 Å². The lowest BCUT2D eigenvalue weighted by Crippen LogP contribution is -2.42. The molecule has 4 rings (SSSR count). The van der Waals surface area contributed by atoms with Crippen molar-refractivity contribution in [2.75, 3.05) is 13.2 Å². The highest BCUT2D eigenvalue weighted by atomic mass is 16.6. The molecule has 2 aromatic carbocycles. The predicted molar refractivity (Wildman–Crippen MR) is 120 cm³/mol. The van der Waals surface area contributed by atoms with Crippen molar-refractivity contribution in [3.05, 3.63) is 61.0 Å². The average molecular weight is 437 g/mol. The van der Waals surface area contributed by atoms with E-state index in [2.05, 4.69) is 4.98 Å². The van der Waals surface area contributed by atoms with Gasteiger partial charge in [-0.25, -0.2) is 9.78 Å². The highest BCUT2D eigenvalue weighted by Crippen LogP contribution is 2.27. The molecule has 1 fully saturated rings. The van der Waals surface area contributed by atoms with Crippen LogP contribution in [0, 0.1) is 0 Å². The molecule has 2 heterocycles. The van der Waals surface area contributed by atoms with E-state index in [1.165, 1.54) is 0 Å². The molecule has 0 saturated carbocycles. The quantitative estimate of drug-likeness (QED) is 0.478. The number of hydrogen-bond acceptors (Lipinski definition) is 6. The van der Waals surface area contributed by atoms with Crippen molar-refractivity contribution in [3.8, 4) is 28.7 Å². The topological polar surface area (TPSA) is 74.0 Å². The zero-order valence-electron chi connectivity index (χ0n) is 18.6. The molecule has 168 valence electrons. The van der Waals surface area contributed by atoms with Gasteiger partial charge in [-0.1, -0.05) is 0 Å². The second-order valence-corrected chi connectivity index (χ2v) is 8.72. The van der Waals surface area contributed by atoms with Crippen molar-refractivity contribution in [1.82, 2.24) is 9.88 Å². The summed E-state index contributed by atoms with van der Waals surface area (Å²) in [5, 5.41) is 0. The molecule has 7 nitrogen and oxygen atoms in total. The number of amides is 1. The number of carbonyl (C=O) groups excluding carboxylic acids is 1. The SMILES string of the molecule is CC(C)(C)OC(=O)N1CCCC1COc1ccc(Oc2ccc(-c3ncco3)cc2)cc1. The lowest BCUT2D eigenvalue weighted by Gasteiger charge is -2.28. The smallest absolute Gasteiger partial charge is 0.410 e. The van der Waals surface area contributed by atoms with Crippen LogP contribution < -0.4 is 9.47 Å². The summed E-state index contributed by atoms with van der Waals surface area (Å²) in [4.78, 5) is 18.3. The first kappa shape index (κ1) is 21.7. The van der Waals surface area contributed by atoms with Gasteiger partial charge in [0.2, 0.25) is 5.89 Å². The molecule has 1 unspecified atom stereocenters. The minimum absolute atomic E-state index is 0.0166. The van der Waals surface area contributed by atoms with Crippen LogP contribution in [0.2, 0.25) is 0 Å². The van der Waals surface area contributed by atoms with Crippen LogP contribution in [0.5, 0.6) is 17.2 Å². The van der Waals surface area contributed by atoms with Crippen molar-refractivity contribution in [1.29, 1.82) is 0 Å². The summed E-state index contributed by atoms with van der Waals surface area (Å²) in [6.07, 6.45) is 4.75. The Balaban J connectivity index is 1.30. The molecule has 32 heavy (non-hydrogen) atoms. The van der Waals surface area contributed by atoms with Crippen LogP contribution in [-0.2, 0) is 4.74 Å². The van der Waals surface area contributed by atoms with Gasteiger partial charge >= 0.3 is 6.09 Å². The van der Waals surface area contributed by atoms with Crippen LogP contribution in [0.1, 0.15) is 33.6 Å². The molecule has 1 saturated heterocycles. The van der Waals surface area contributed by atoms with E-state index in [1.54, 1.807) is 17.4 Å². The lowest BCUT2D eigenvalue weighted by molar-refractivity contribution is 0.0187. The van der Waals surface area contributed by atoms with Crippen molar-refractivity contribution in [2.45, 2.75) is 45.3 Å². The molecular formula is C25H28N2O5. The summed E-state index contributed by atoms with van der Waals surface area (Å²) < 4.78 is 22.7. The molecular weight excluding hydrogens is 408 g/mol. The molecule has 1 amide bonds. The van der Waals surface area contributed by atoms with Crippen LogP contribution in [0.4, 0.5) is 4.79 Å². The molecule has 1 aliphatic rings. The molecule has 3 aromatic rings. The van der Waals surface area contributed by atoms with Gasteiger partial charge in [0.15, 0.2) is 0 Å². The zero-order valence-corrected chi connectivity index (χ0v) is 18.6. The van der Waals surface area contributed by atoms with Crippen LogP contribution in [0.25, 0.3) is 11.5 Å². The number of hydrogen-bond donors (Lipinski definition) is 0. The van der Waals surface area contributed by atoms with Gasteiger partial charge < -0.3 is 23.5 Å². The van der Waals surface area contributed by atoms with Gasteiger partial charge in [-0.2, -0.15) is 0 Å². The first-order valence-electron chi connectivity index (χ1n) is 10.8. The van der Waals surface area contributed by atoms with Gasteiger partial charge in [-0.15, -0.1) is 0 Å². The van der Waals surface area contributed by atoms with Crippen LogP contribution >= 0.6 is 0 Å². The van der Waals surface area contributed by atoms with Crippen molar-refractivity contribution in [3.63, 3.8) is 0 Å². The molecule has 0 N–H and O–H groups in total. The first-order chi connectivity index (χ1) is 15.4. The maximum Gasteiger partial charge on any atom is 0.410 e. The van der Waals surface area contributed by atoms with Crippen molar-refractivity contribution in [2.24, 2.45) is 0 Å². The molecule has 1 aliphatic heterocycles. The van der Waals surface area contributed by atoms with E-state index in [0.29, 0.717) is 30.5 Å². The molecule has 0 radical (unpaired) electrons. The molecule has 0 spiro atoms. The Bertz CT molecular complexity index is 1010. The monoisotopic (exact) mass is 436 g/mol. The Morgan fingerprint density at radius 2 is 1.72 bits per heavy atom. The van der Waals surface area contributed by atoms with E-state index in [-0.39, 0.29) is 12.1 Å². The fourth-order valence-corrected chi connectivity index (χ4v) is 3.53. The summed E-state index contributed by atoms with van der Waals surface area (Å²) in [5.74, 6) is 2.73. The summed E-state index contributed by atoms with van der Waals surface area (Å²) in [7, 11) is 0. The fraction of sp³-hybridized carbons (Fsp3) is 0.360. The van der Waals surface area contributed by atoms with E-state index in [9.17, 15) is 4.79 Å². The number of rotatable bonds is 6. The Morgan fingerprint density at radius 3 is 2.34 bits per heavy atom.